The number of sulfonamides is 1. The summed E-state index contributed by atoms with van der Waals surface area (Å²) in [7, 11) is -0.955. The number of carbonyl (C=O) groups is 1. The number of amides is 1. The van der Waals surface area contributed by atoms with Crippen molar-refractivity contribution in [2.24, 2.45) is 0 Å². The summed E-state index contributed by atoms with van der Waals surface area (Å²) in [4.78, 5) is 14.8. The summed E-state index contributed by atoms with van der Waals surface area (Å²) in [5, 5.41) is 0.0656. The largest absolute Gasteiger partial charge is 0.467 e. The number of rotatable bonds is 7. The standard InChI is InChI=1S/C21H21ClN2O4S/c1-23(2)29(26,27)20-13-17(10-11-19(20)22)21(25)24(15-18-9-6-12-28-18)14-16-7-4-3-5-8-16/h3-13H,14-15H2,1-2H3. The summed E-state index contributed by atoms with van der Waals surface area (Å²) in [5.74, 6) is 0.307. The number of furan rings is 1. The monoisotopic (exact) mass is 432 g/mol. The summed E-state index contributed by atoms with van der Waals surface area (Å²) >= 11 is 6.11. The molecule has 8 heteroatoms. The molecule has 1 amide bonds. The summed E-state index contributed by atoms with van der Waals surface area (Å²) in [6, 6.07) is 17.4. The molecule has 2 aromatic carbocycles. The smallest absolute Gasteiger partial charge is 0.254 e. The second-order valence-electron chi connectivity index (χ2n) is 6.66. The van der Waals surface area contributed by atoms with Gasteiger partial charge in [-0.1, -0.05) is 41.9 Å². The molecule has 0 N–H and O–H groups in total. The van der Waals surface area contributed by atoms with Crippen LogP contribution in [0.15, 0.2) is 76.2 Å². The van der Waals surface area contributed by atoms with E-state index >= 15 is 0 Å². The Labute approximate surface area is 175 Å². The predicted molar refractivity (Wildman–Crippen MR) is 111 cm³/mol. The Morgan fingerprint density at radius 1 is 1.00 bits per heavy atom. The first-order valence-electron chi connectivity index (χ1n) is 8.86. The van der Waals surface area contributed by atoms with Crippen LogP contribution in [0.3, 0.4) is 0 Å². The topological polar surface area (TPSA) is 70.8 Å². The molecule has 0 unspecified atom stereocenters. The van der Waals surface area contributed by atoms with E-state index in [0.717, 1.165) is 9.87 Å². The fourth-order valence-corrected chi connectivity index (χ4v) is 4.20. The van der Waals surface area contributed by atoms with Crippen LogP contribution < -0.4 is 0 Å². The molecule has 6 nitrogen and oxygen atoms in total. The maximum Gasteiger partial charge on any atom is 0.254 e. The minimum atomic E-state index is -3.79. The van der Waals surface area contributed by atoms with E-state index in [1.165, 1.54) is 32.3 Å². The zero-order valence-electron chi connectivity index (χ0n) is 16.1. The molecule has 0 saturated heterocycles. The predicted octanol–water partition coefficient (Wildman–Crippen LogP) is 4.03. The van der Waals surface area contributed by atoms with Crippen LogP contribution in [-0.2, 0) is 23.1 Å². The quantitative estimate of drug-likeness (QED) is 0.565. The molecule has 0 bridgehead atoms. The van der Waals surface area contributed by atoms with Gasteiger partial charge in [0.2, 0.25) is 10.0 Å². The summed E-state index contributed by atoms with van der Waals surface area (Å²) in [5.41, 5.74) is 1.18. The highest BCUT2D eigenvalue weighted by atomic mass is 35.5. The molecule has 0 aliphatic heterocycles. The molecular formula is C21H21ClN2O4S. The van der Waals surface area contributed by atoms with Gasteiger partial charge in [-0.15, -0.1) is 0 Å². The lowest BCUT2D eigenvalue weighted by molar-refractivity contribution is 0.0717. The van der Waals surface area contributed by atoms with E-state index in [1.807, 2.05) is 30.3 Å². The van der Waals surface area contributed by atoms with Gasteiger partial charge in [0, 0.05) is 26.2 Å². The molecule has 3 rings (SSSR count). The number of halogens is 1. The highest BCUT2D eigenvalue weighted by Crippen LogP contribution is 2.26. The number of carbonyl (C=O) groups excluding carboxylic acids is 1. The molecular weight excluding hydrogens is 412 g/mol. The van der Waals surface area contributed by atoms with Gasteiger partial charge in [-0.2, -0.15) is 0 Å². The normalized spacial score (nSPS) is 11.6. The summed E-state index contributed by atoms with van der Waals surface area (Å²) in [6.45, 7) is 0.595. The van der Waals surface area contributed by atoms with Crippen molar-refractivity contribution in [2.75, 3.05) is 14.1 Å². The van der Waals surface area contributed by atoms with Gasteiger partial charge < -0.3 is 9.32 Å². The van der Waals surface area contributed by atoms with Crippen LogP contribution in [0.1, 0.15) is 21.7 Å². The molecule has 152 valence electrons. The van der Waals surface area contributed by atoms with E-state index in [4.69, 9.17) is 16.0 Å². The van der Waals surface area contributed by atoms with Crippen molar-refractivity contribution in [1.82, 2.24) is 9.21 Å². The third-order valence-electron chi connectivity index (χ3n) is 4.37. The Morgan fingerprint density at radius 3 is 2.34 bits per heavy atom. The number of hydrogen-bond acceptors (Lipinski definition) is 4. The van der Waals surface area contributed by atoms with Gasteiger partial charge in [0.25, 0.3) is 5.91 Å². The van der Waals surface area contributed by atoms with Crippen LogP contribution in [0, 0.1) is 0 Å². The van der Waals surface area contributed by atoms with Crippen molar-refractivity contribution in [3.8, 4) is 0 Å². The van der Waals surface area contributed by atoms with Crippen molar-refractivity contribution in [2.45, 2.75) is 18.0 Å². The minimum absolute atomic E-state index is 0.0656. The van der Waals surface area contributed by atoms with E-state index < -0.39 is 10.0 Å². The molecule has 29 heavy (non-hydrogen) atoms. The third kappa shape index (κ3) is 4.87. The highest BCUT2D eigenvalue weighted by molar-refractivity contribution is 7.89. The Balaban J connectivity index is 1.97. The second-order valence-corrected chi connectivity index (χ2v) is 9.19. The zero-order valence-corrected chi connectivity index (χ0v) is 17.7. The maximum absolute atomic E-state index is 13.3. The fraction of sp³-hybridized carbons (Fsp3) is 0.190. The van der Waals surface area contributed by atoms with Crippen LogP contribution >= 0.6 is 11.6 Å². The van der Waals surface area contributed by atoms with E-state index in [1.54, 1.807) is 23.3 Å². The summed E-state index contributed by atoms with van der Waals surface area (Å²) < 4.78 is 31.6. The molecule has 0 aliphatic rings. The number of nitrogens with zero attached hydrogens (tertiary/aromatic N) is 2. The second kappa shape index (κ2) is 8.82. The van der Waals surface area contributed by atoms with Crippen molar-refractivity contribution in [1.29, 1.82) is 0 Å². The summed E-state index contributed by atoms with van der Waals surface area (Å²) in [6.07, 6.45) is 1.55. The molecule has 0 aliphatic carbocycles. The van der Waals surface area contributed by atoms with Crippen LogP contribution in [0.5, 0.6) is 0 Å². The van der Waals surface area contributed by atoms with Crippen molar-refractivity contribution < 1.29 is 17.6 Å². The van der Waals surface area contributed by atoms with Gasteiger partial charge >= 0.3 is 0 Å². The molecule has 0 fully saturated rings. The molecule has 0 saturated carbocycles. The van der Waals surface area contributed by atoms with E-state index in [-0.39, 0.29) is 27.9 Å². The highest BCUT2D eigenvalue weighted by Gasteiger charge is 2.24. The molecule has 0 radical (unpaired) electrons. The van der Waals surface area contributed by atoms with Crippen LogP contribution in [-0.4, -0.2) is 37.6 Å². The molecule has 0 atom stereocenters. The van der Waals surface area contributed by atoms with Gasteiger partial charge in [-0.05, 0) is 35.9 Å². The van der Waals surface area contributed by atoms with Crippen molar-refractivity contribution in [3.63, 3.8) is 0 Å². The lowest BCUT2D eigenvalue weighted by Crippen LogP contribution is -2.30. The van der Waals surface area contributed by atoms with E-state index in [0.29, 0.717) is 12.3 Å². The lowest BCUT2D eigenvalue weighted by atomic mass is 10.1. The maximum atomic E-state index is 13.3. The zero-order chi connectivity index (χ0) is 21.0. The Hall–Kier alpha value is -2.61. The number of hydrogen-bond donors (Lipinski definition) is 0. The number of benzene rings is 2. The minimum Gasteiger partial charge on any atom is -0.467 e. The first-order valence-corrected chi connectivity index (χ1v) is 10.7. The molecule has 1 heterocycles. The van der Waals surface area contributed by atoms with Gasteiger partial charge in [-0.25, -0.2) is 12.7 Å². The van der Waals surface area contributed by atoms with Gasteiger partial charge in [0.05, 0.1) is 17.8 Å². The first-order chi connectivity index (χ1) is 13.8. The average Bonchev–Trinajstić information content (AvgIpc) is 3.21. The molecule has 3 aromatic rings. The SMILES string of the molecule is CN(C)S(=O)(=O)c1cc(C(=O)N(Cc2ccccc2)Cc2ccco2)ccc1Cl. The Bertz CT molecular complexity index is 1080. The lowest BCUT2D eigenvalue weighted by Gasteiger charge is -2.23. The van der Waals surface area contributed by atoms with E-state index in [2.05, 4.69) is 0 Å². The van der Waals surface area contributed by atoms with Crippen LogP contribution in [0.2, 0.25) is 5.02 Å². The van der Waals surface area contributed by atoms with Crippen molar-refractivity contribution in [3.05, 3.63) is 88.8 Å². The van der Waals surface area contributed by atoms with E-state index in [9.17, 15) is 13.2 Å². The Morgan fingerprint density at radius 2 is 1.72 bits per heavy atom. The molecule has 0 spiro atoms. The van der Waals surface area contributed by atoms with Crippen LogP contribution in [0.25, 0.3) is 0 Å². The molecule has 1 aromatic heterocycles. The third-order valence-corrected chi connectivity index (χ3v) is 6.66. The Kier molecular flexibility index (Phi) is 6.42. The van der Waals surface area contributed by atoms with Gasteiger partial charge in [-0.3, -0.25) is 4.79 Å². The first kappa shape index (κ1) is 21.1. The van der Waals surface area contributed by atoms with Gasteiger partial charge in [0.1, 0.15) is 10.7 Å². The van der Waals surface area contributed by atoms with Gasteiger partial charge in [0.15, 0.2) is 0 Å². The average molecular weight is 433 g/mol. The van der Waals surface area contributed by atoms with Crippen molar-refractivity contribution >= 4 is 27.5 Å². The van der Waals surface area contributed by atoms with Crippen LogP contribution in [0.4, 0.5) is 0 Å². The fourth-order valence-electron chi connectivity index (χ4n) is 2.81.